The molecular formula is C23H20ClN3O3. The standard InChI is InChI=1S/C23H20ClN3O3/c1-15-11-16(13-26(15)18-7-9-19(30-2)10-8-18)12-21-22(28)27(23(29)25-21)14-17-5-3-4-6-20(17)24/h3-13H,14H2,1-2H3,(H,25,29)/b21-12+. The van der Waals surface area contributed by atoms with Crippen LogP contribution in [0.15, 0.2) is 66.5 Å². The zero-order valence-electron chi connectivity index (χ0n) is 16.6. The SMILES string of the molecule is COc1ccc(-n2cc(/C=C3/NC(=O)N(Cc4ccccc4Cl)C3=O)cc2C)cc1. The van der Waals surface area contributed by atoms with E-state index in [9.17, 15) is 9.59 Å². The van der Waals surface area contributed by atoms with Crippen LogP contribution in [0.25, 0.3) is 11.8 Å². The van der Waals surface area contributed by atoms with Crippen LogP contribution in [0.2, 0.25) is 5.02 Å². The molecule has 1 aliphatic rings. The van der Waals surface area contributed by atoms with Crippen molar-refractivity contribution in [1.29, 1.82) is 0 Å². The number of ether oxygens (including phenoxy) is 1. The Morgan fingerprint density at radius 3 is 2.53 bits per heavy atom. The molecule has 30 heavy (non-hydrogen) atoms. The molecule has 0 unspecified atom stereocenters. The molecule has 3 amide bonds. The van der Waals surface area contributed by atoms with Crippen LogP contribution < -0.4 is 10.1 Å². The van der Waals surface area contributed by atoms with Crippen LogP contribution >= 0.6 is 11.6 Å². The highest BCUT2D eigenvalue weighted by molar-refractivity contribution is 6.31. The van der Waals surface area contributed by atoms with Crippen molar-refractivity contribution in [2.24, 2.45) is 0 Å². The van der Waals surface area contributed by atoms with Crippen molar-refractivity contribution < 1.29 is 14.3 Å². The first-order valence-corrected chi connectivity index (χ1v) is 9.75. The van der Waals surface area contributed by atoms with Crippen LogP contribution in [0.4, 0.5) is 4.79 Å². The van der Waals surface area contributed by atoms with Crippen molar-refractivity contribution >= 4 is 29.6 Å². The van der Waals surface area contributed by atoms with E-state index in [1.54, 1.807) is 31.4 Å². The lowest BCUT2D eigenvalue weighted by molar-refractivity contribution is -0.123. The minimum Gasteiger partial charge on any atom is -0.497 e. The van der Waals surface area contributed by atoms with Gasteiger partial charge in [-0.25, -0.2) is 4.79 Å². The molecule has 0 atom stereocenters. The number of urea groups is 1. The first-order valence-electron chi connectivity index (χ1n) is 9.37. The molecular weight excluding hydrogens is 402 g/mol. The van der Waals surface area contributed by atoms with Gasteiger partial charge in [0.05, 0.1) is 13.7 Å². The Hall–Kier alpha value is -3.51. The number of hydrogen-bond acceptors (Lipinski definition) is 3. The van der Waals surface area contributed by atoms with Crippen molar-refractivity contribution in [2.75, 3.05) is 7.11 Å². The van der Waals surface area contributed by atoms with Gasteiger partial charge in [-0.2, -0.15) is 0 Å². The number of carbonyl (C=O) groups excluding carboxylic acids is 2. The summed E-state index contributed by atoms with van der Waals surface area (Å²) in [6.45, 7) is 2.10. The van der Waals surface area contributed by atoms with Crippen molar-refractivity contribution in [1.82, 2.24) is 14.8 Å². The Kier molecular flexibility index (Phi) is 5.33. The average Bonchev–Trinajstić information content (AvgIpc) is 3.23. The zero-order valence-corrected chi connectivity index (χ0v) is 17.3. The summed E-state index contributed by atoms with van der Waals surface area (Å²) in [6.07, 6.45) is 3.60. The molecule has 1 fully saturated rings. The second-order valence-electron chi connectivity index (χ2n) is 6.95. The number of hydrogen-bond donors (Lipinski definition) is 1. The quantitative estimate of drug-likeness (QED) is 0.486. The Labute approximate surface area is 179 Å². The third kappa shape index (κ3) is 3.82. The van der Waals surface area contributed by atoms with Gasteiger partial charge in [0.2, 0.25) is 0 Å². The lowest BCUT2D eigenvalue weighted by Crippen LogP contribution is -2.30. The fourth-order valence-corrected chi connectivity index (χ4v) is 3.57. The van der Waals surface area contributed by atoms with E-state index in [2.05, 4.69) is 5.32 Å². The lowest BCUT2D eigenvalue weighted by Gasteiger charge is -2.12. The predicted octanol–water partition coefficient (Wildman–Crippen LogP) is 4.54. The van der Waals surface area contributed by atoms with Crippen LogP contribution in [-0.4, -0.2) is 28.5 Å². The average molecular weight is 422 g/mol. The molecule has 1 aromatic heterocycles. The number of aryl methyl sites for hydroxylation is 1. The van der Waals surface area contributed by atoms with Gasteiger partial charge < -0.3 is 14.6 Å². The molecule has 2 heterocycles. The van der Waals surface area contributed by atoms with Crippen molar-refractivity contribution in [3.63, 3.8) is 0 Å². The van der Waals surface area contributed by atoms with E-state index in [-0.39, 0.29) is 18.1 Å². The molecule has 0 aliphatic carbocycles. The molecule has 0 spiro atoms. The van der Waals surface area contributed by atoms with E-state index in [1.807, 2.05) is 54.1 Å². The van der Waals surface area contributed by atoms with Crippen molar-refractivity contribution in [3.05, 3.63) is 88.3 Å². The Morgan fingerprint density at radius 2 is 1.83 bits per heavy atom. The molecule has 3 aromatic rings. The van der Waals surface area contributed by atoms with Gasteiger partial charge in [0.1, 0.15) is 11.4 Å². The summed E-state index contributed by atoms with van der Waals surface area (Å²) in [5, 5.41) is 3.17. The monoisotopic (exact) mass is 421 g/mol. The molecule has 7 heteroatoms. The molecule has 0 bridgehead atoms. The van der Waals surface area contributed by atoms with Gasteiger partial charge in [0.15, 0.2) is 0 Å². The number of aromatic nitrogens is 1. The van der Waals surface area contributed by atoms with Gasteiger partial charge in [-0.05, 0) is 60.5 Å². The molecule has 2 aromatic carbocycles. The number of nitrogens with zero attached hydrogens (tertiary/aromatic N) is 2. The summed E-state index contributed by atoms with van der Waals surface area (Å²) in [6, 6.07) is 16.3. The number of rotatable bonds is 5. The van der Waals surface area contributed by atoms with Crippen molar-refractivity contribution in [3.8, 4) is 11.4 Å². The number of benzene rings is 2. The molecule has 6 nitrogen and oxygen atoms in total. The third-order valence-corrected chi connectivity index (χ3v) is 5.31. The topological polar surface area (TPSA) is 63.6 Å². The maximum Gasteiger partial charge on any atom is 0.329 e. The first-order chi connectivity index (χ1) is 14.5. The molecule has 152 valence electrons. The van der Waals surface area contributed by atoms with Gasteiger partial charge in [0, 0.05) is 22.6 Å². The second-order valence-corrected chi connectivity index (χ2v) is 7.36. The fourth-order valence-electron chi connectivity index (χ4n) is 3.38. The summed E-state index contributed by atoms with van der Waals surface area (Å²) in [5.74, 6) is 0.401. The fraction of sp³-hybridized carbons (Fsp3) is 0.130. The second kappa shape index (κ2) is 8.08. The van der Waals surface area contributed by atoms with E-state index in [1.165, 1.54) is 0 Å². The maximum absolute atomic E-state index is 12.8. The largest absolute Gasteiger partial charge is 0.497 e. The van der Waals surface area contributed by atoms with Crippen LogP contribution in [0.3, 0.4) is 0 Å². The summed E-state index contributed by atoms with van der Waals surface area (Å²) in [7, 11) is 1.63. The number of amides is 3. The van der Waals surface area contributed by atoms with E-state index in [4.69, 9.17) is 16.3 Å². The first kappa shape index (κ1) is 19.8. The molecule has 0 saturated carbocycles. The van der Waals surface area contributed by atoms with E-state index in [0.717, 1.165) is 27.6 Å². The summed E-state index contributed by atoms with van der Waals surface area (Å²) in [4.78, 5) is 26.3. The van der Waals surface area contributed by atoms with Crippen LogP contribution in [-0.2, 0) is 11.3 Å². The number of methoxy groups -OCH3 is 1. The summed E-state index contributed by atoms with van der Waals surface area (Å²) in [5.41, 5.74) is 3.73. The van der Waals surface area contributed by atoms with E-state index >= 15 is 0 Å². The molecule has 4 rings (SSSR count). The van der Waals surface area contributed by atoms with Gasteiger partial charge >= 0.3 is 6.03 Å². The minimum absolute atomic E-state index is 0.119. The molecule has 1 saturated heterocycles. The Bertz CT molecular complexity index is 1150. The van der Waals surface area contributed by atoms with Crippen molar-refractivity contribution in [2.45, 2.75) is 13.5 Å². The Balaban J connectivity index is 1.57. The molecule has 0 radical (unpaired) electrons. The highest BCUT2D eigenvalue weighted by Gasteiger charge is 2.33. The zero-order chi connectivity index (χ0) is 21.3. The molecule has 1 aliphatic heterocycles. The predicted molar refractivity (Wildman–Crippen MR) is 116 cm³/mol. The third-order valence-electron chi connectivity index (χ3n) is 4.94. The van der Waals surface area contributed by atoms with Gasteiger partial charge in [-0.15, -0.1) is 0 Å². The molecule has 1 N–H and O–H groups in total. The highest BCUT2D eigenvalue weighted by atomic mass is 35.5. The lowest BCUT2D eigenvalue weighted by atomic mass is 10.2. The summed E-state index contributed by atoms with van der Waals surface area (Å²) >= 11 is 6.17. The number of carbonyl (C=O) groups is 2. The van der Waals surface area contributed by atoms with E-state index in [0.29, 0.717) is 10.6 Å². The maximum atomic E-state index is 12.8. The smallest absolute Gasteiger partial charge is 0.329 e. The van der Waals surface area contributed by atoms with Gasteiger partial charge in [-0.1, -0.05) is 29.8 Å². The Morgan fingerprint density at radius 1 is 1.10 bits per heavy atom. The van der Waals surface area contributed by atoms with Gasteiger partial charge in [-0.3, -0.25) is 9.69 Å². The highest BCUT2D eigenvalue weighted by Crippen LogP contribution is 2.23. The number of nitrogens with one attached hydrogen (secondary N) is 1. The van der Waals surface area contributed by atoms with Crippen LogP contribution in [0, 0.1) is 6.92 Å². The van der Waals surface area contributed by atoms with Gasteiger partial charge in [0.25, 0.3) is 5.91 Å². The number of imide groups is 1. The van der Waals surface area contributed by atoms with E-state index < -0.39 is 6.03 Å². The normalized spacial score (nSPS) is 15.0. The van der Waals surface area contributed by atoms with Crippen LogP contribution in [0.1, 0.15) is 16.8 Å². The van der Waals surface area contributed by atoms with Crippen LogP contribution in [0.5, 0.6) is 5.75 Å². The summed E-state index contributed by atoms with van der Waals surface area (Å²) < 4.78 is 7.21. The minimum atomic E-state index is -0.461. The number of halogens is 1.